The molecule has 1 aliphatic heterocycles. The first kappa shape index (κ1) is 47.9. The summed E-state index contributed by atoms with van der Waals surface area (Å²) < 4.78 is 13.2. The van der Waals surface area contributed by atoms with Crippen molar-refractivity contribution in [3.63, 3.8) is 0 Å². The molecule has 6 aromatic heterocycles. The number of nitrogens with zero attached hydrogens (tertiary/aromatic N) is 8. The lowest BCUT2D eigenvalue weighted by molar-refractivity contribution is 0.00578. The smallest absolute Gasteiger partial charge is 0.399 e. The summed E-state index contributed by atoms with van der Waals surface area (Å²) >= 11 is 3.46. The van der Waals surface area contributed by atoms with E-state index in [2.05, 4.69) is 195 Å². The second-order valence-electron chi connectivity index (χ2n) is 18.8. The zero-order valence-electron chi connectivity index (χ0n) is 41.1. The molecule has 0 N–H and O–H groups in total. The molecule has 0 saturated carbocycles. The molecule has 7 heterocycles. The van der Waals surface area contributed by atoms with E-state index in [1.54, 1.807) is 24.8 Å². The first-order chi connectivity index (χ1) is 36.0. The summed E-state index contributed by atoms with van der Waals surface area (Å²) in [7, 11) is -0.333. The van der Waals surface area contributed by atoms with Crippen LogP contribution >= 0.6 is 15.9 Å². The fourth-order valence-electron chi connectivity index (χ4n) is 8.70. The highest BCUT2D eigenvalue weighted by atomic mass is 79.9. The van der Waals surface area contributed by atoms with E-state index in [1.807, 2.05) is 73.1 Å². The number of hydrogen-bond donors (Lipinski definition) is 0. The van der Waals surface area contributed by atoms with Gasteiger partial charge >= 0.3 is 7.12 Å². The molecule has 74 heavy (non-hydrogen) atoms. The van der Waals surface area contributed by atoms with Crippen LogP contribution in [0.3, 0.4) is 0 Å². The molecule has 12 heteroatoms. The quantitative estimate of drug-likeness (QED) is 0.118. The second kappa shape index (κ2) is 20.6. The molecule has 0 aliphatic carbocycles. The van der Waals surface area contributed by atoms with Gasteiger partial charge in [-0.1, -0.05) is 149 Å². The topological polar surface area (TPSA) is 122 Å². The molecular weight excluding hydrogens is 979 g/mol. The van der Waals surface area contributed by atoms with E-state index >= 15 is 0 Å². The molecule has 1 saturated heterocycles. The summed E-state index contributed by atoms with van der Waals surface area (Å²) in [6.07, 6.45) is 10.6. The Labute approximate surface area is 437 Å². The van der Waals surface area contributed by atoms with Crippen molar-refractivity contribution in [2.24, 2.45) is 0 Å². The lowest BCUT2D eigenvalue weighted by Gasteiger charge is -2.32. The monoisotopic (exact) mass is 1030 g/mol. The number of hydrogen-bond acceptors (Lipinski definition) is 10. The van der Waals surface area contributed by atoms with Gasteiger partial charge in [0.05, 0.1) is 44.7 Å². The molecule has 0 atom stereocenters. The highest BCUT2D eigenvalue weighted by Crippen LogP contribution is 2.37. The van der Waals surface area contributed by atoms with Crippen LogP contribution in [0, 0.1) is 0 Å². The summed E-state index contributed by atoms with van der Waals surface area (Å²) in [6.45, 7) is 8.22. The van der Waals surface area contributed by atoms with Crippen LogP contribution in [0.15, 0.2) is 224 Å². The Kier molecular flexibility index (Phi) is 13.3. The Balaban J connectivity index is 0.000000124. The molecule has 1 fully saturated rings. The Morgan fingerprint density at radius 3 is 1.11 bits per heavy atom. The van der Waals surface area contributed by atoms with Gasteiger partial charge < -0.3 is 9.31 Å². The van der Waals surface area contributed by atoms with E-state index in [-0.39, 0.29) is 18.3 Å². The lowest BCUT2D eigenvalue weighted by atomic mass is 9.79. The van der Waals surface area contributed by atoms with Crippen molar-refractivity contribution in [3.05, 3.63) is 224 Å². The third kappa shape index (κ3) is 10.2. The number of fused-ring (bicyclic) bond motifs is 6. The Morgan fingerprint density at radius 1 is 0.338 bits per heavy atom. The fraction of sp³-hybridized carbons (Fsp3) is 0.0968. The van der Waals surface area contributed by atoms with E-state index < -0.39 is 0 Å². The predicted molar refractivity (Wildman–Crippen MR) is 302 cm³/mol. The van der Waals surface area contributed by atoms with E-state index in [0.29, 0.717) is 0 Å². The second-order valence-corrected chi connectivity index (χ2v) is 19.8. The summed E-state index contributed by atoms with van der Waals surface area (Å²) in [4.78, 5) is 35.9. The molecule has 0 amide bonds. The maximum absolute atomic E-state index is 6.04. The summed E-state index contributed by atoms with van der Waals surface area (Å²) in [5.41, 5.74) is 12.5. The van der Waals surface area contributed by atoms with E-state index in [1.165, 1.54) is 0 Å². The Morgan fingerprint density at radius 2 is 0.676 bits per heavy atom. The molecule has 358 valence electrons. The molecule has 13 rings (SSSR count). The van der Waals surface area contributed by atoms with E-state index in [9.17, 15) is 0 Å². The first-order valence-electron chi connectivity index (χ1n) is 24.3. The number of aromatic nitrogens is 8. The molecule has 0 spiro atoms. The summed E-state index contributed by atoms with van der Waals surface area (Å²) in [6, 6.07) is 61.4. The number of benzene rings is 6. The zero-order chi connectivity index (χ0) is 50.7. The van der Waals surface area contributed by atoms with Gasteiger partial charge in [-0.05, 0) is 92.8 Å². The normalized spacial score (nSPS) is 13.6. The third-order valence-electron chi connectivity index (χ3n) is 13.5. The van der Waals surface area contributed by atoms with E-state index in [4.69, 9.17) is 19.3 Å². The van der Waals surface area contributed by atoms with Crippen molar-refractivity contribution in [2.45, 2.75) is 38.9 Å². The molecule has 0 bridgehead atoms. The van der Waals surface area contributed by atoms with Crippen molar-refractivity contribution >= 4 is 72.1 Å². The van der Waals surface area contributed by atoms with Crippen LogP contribution in [-0.4, -0.2) is 58.2 Å². The van der Waals surface area contributed by atoms with Gasteiger partial charge in [0, 0.05) is 85.5 Å². The zero-order valence-corrected chi connectivity index (χ0v) is 42.7. The van der Waals surface area contributed by atoms with Crippen molar-refractivity contribution in [1.29, 1.82) is 0 Å². The fourth-order valence-corrected chi connectivity index (χ4v) is 8.96. The van der Waals surface area contributed by atoms with Crippen LogP contribution in [0.2, 0.25) is 0 Å². The van der Waals surface area contributed by atoms with Crippen molar-refractivity contribution in [2.75, 3.05) is 0 Å². The largest absolute Gasteiger partial charge is 0.494 e. The number of halogens is 1. The Bertz CT molecular complexity index is 3890. The minimum atomic E-state index is -0.333. The van der Waals surface area contributed by atoms with Crippen molar-refractivity contribution in [3.8, 4) is 56.4 Å². The van der Waals surface area contributed by atoms with Crippen molar-refractivity contribution in [1.82, 2.24) is 39.9 Å². The predicted octanol–water partition coefficient (Wildman–Crippen LogP) is 14.2. The summed E-state index contributed by atoms with van der Waals surface area (Å²) in [5.74, 6) is 1.46. The van der Waals surface area contributed by atoms with Crippen LogP contribution < -0.4 is 5.46 Å². The average molecular weight is 1030 g/mol. The van der Waals surface area contributed by atoms with Gasteiger partial charge in [-0.15, -0.1) is 0 Å². The maximum Gasteiger partial charge on any atom is 0.494 e. The Hall–Kier alpha value is -8.42. The van der Waals surface area contributed by atoms with Crippen LogP contribution in [0.5, 0.6) is 0 Å². The molecule has 10 nitrogen and oxygen atoms in total. The van der Waals surface area contributed by atoms with E-state index in [0.717, 1.165) is 110 Å². The standard InChI is InChI=1S/C28H18N4.C18H11BrN2.C16H19BN2O2/c1-3-22-10-11-23-14-15-25(32-27(23)26(22)29-16-1)21-8-4-19(5-9-21)20-6-12-24(13-7-20)28-30-17-2-18-31-28;19-15-8-5-12(6-9-15)16-10-7-14-4-3-13-2-1-11-20-17(13)18(14)21-16;1-15(2)16(3,4)21-17(20-15)13-8-6-12(7-9-13)14-18-10-5-11-19-14/h1-18H;1-11H;5-11H,1-4H3. The number of rotatable bonds is 6. The molecule has 1 aliphatic rings. The van der Waals surface area contributed by atoms with Gasteiger partial charge in [-0.25, -0.2) is 29.9 Å². The van der Waals surface area contributed by atoms with Crippen LogP contribution in [0.1, 0.15) is 27.7 Å². The number of pyridine rings is 4. The molecule has 6 aromatic carbocycles. The molecular formula is C62H48BBrN8O2. The van der Waals surface area contributed by atoms with Crippen LogP contribution in [0.4, 0.5) is 0 Å². The minimum Gasteiger partial charge on any atom is -0.399 e. The summed E-state index contributed by atoms with van der Waals surface area (Å²) in [5, 5.41) is 4.43. The molecule has 0 radical (unpaired) electrons. The van der Waals surface area contributed by atoms with Gasteiger partial charge in [-0.3, -0.25) is 9.97 Å². The molecule has 12 aromatic rings. The van der Waals surface area contributed by atoms with Crippen LogP contribution in [0.25, 0.3) is 100 Å². The van der Waals surface area contributed by atoms with Gasteiger partial charge in [-0.2, -0.15) is 0 Å². The van der Waals surface area contributed by atoms with Gasteiger partial charge in [0.15, 0.2) is 11.6 Å². The third-order valence-corrected chi connectivity index (χ3v) is 14.0. The van der Waals surface area contributed by atoms with Crippen LogP contribution in [-0.2, 0) is 9.31 Å². The van der Waals surface area contributed by atoms with Gasteiger partial charge in [0.25, 0.3) is 0 Å². The SMILES string of the molecule is Brc1ccc(-c2ccc3ccc4cccnc4c3n2)cc1.CC1(C)OB(c2ccc(-c3ncccn3)cc2)OC1(C)C.c1cnc(-c2ccc(-c3ccc(-c4ccc5ccc6cccnc6c5n4)cc3)cc2)nc1. The average Bonchev–Trinajstić information content (AvgIpc) is 3.69. The van der Waals surface area contributed by atoms with Gasteiger partial charge in [0.1, 0.15) is 0 Å². The lowest BCUT2D eigenvalue weighted by Crippen LogP contribution is -2.41. The highest BCUT2D eigenvalue weighted by Gasteiger charge is 2.51. The van der Waals surface area contributed by atoms with Gasteiger partial charge in [0.2, 0.25) is 0 Å². The first-order valence-corrected chi connectivity index (χ1v) is 25.1. The molecule has 0 unspecified atom stereocenters. The maximum atomic E-state index is 6.04. The van der Waals surface area contributed by atoms with Crippen molar-refractivity contribution < 1.29 is 9.31 Å². The minimum absolute atomic E-state index is 0.321. The highest BCUT2D eigenvalue weighted by molar-refractivity contribution is 9.10.